The minimum absolute atomic E-state index is 0.210. The molecule has 1 aromatic carbocycles. The summed E-state index contributed by atoms with van der Waals surface area (Å²) in [5.41, 5.74) is 1.03. The molecule has 0 heterocycles. The van der Waals surface area contributed by atoms with E-state index in [1.807, 2.05) is 0 Å². The molecule has 0 unspecified atom stereocenters. The van der Waals surface area contributed by atoms with Crippen LogP contribution in [0, 0.1) is 5.82 Å². The fourth-order valence-electron chi connectivity index (χ4n) is 1.91. The zero-order valence-corrected chi connectivity index (χ0v) is 10.5. The van der Waals surface area contributed by atoms with Crippen molar-refractivity contribution in [1.82, 2.24) is 10.6 Å². The van der Waals surface area contributed by atoms with Crippen LogP contribution in [0.2, 0.25) is 0 Å². The Balaban J connectivity index is 1.81. The molecule has 1 aromatic rings. The maximum atomic E-state index is 12.8. The lowest BCUT2D eigenvalue weighted by Gasteiger charge is -2.16. The van der Waals surface area contributed by atoms with E-state index in [4.69, 9.17) is 0 Å². The molecule has 0 amide bonds. The third-order valence-electron chi connectivity index (χ3n) is 2.95. The van der Waals surface area contributed by atoms with Crippen molar-refractivity contribution < 1.29 is 4.39 Å². The Morgan fingerprint density at radius 2 is 1.94 bits per heavy atom. The Morgan fingerprint density at radius 3 is 2.56 bits per heavy atom. The van der Waals surface area contributed by atoms with Crippen molar-refractivity contribution in [2.24, 2.45) is 4.99 Å². The van der Waals surface area contributed by atoms with Gasteiger partial charge in [-0.1, -0.05) is 24.3 Å². The van der Waals surface area contributed by atoms with Gasteiger partial charge in [0, 0.05) is 19.6 Å². The molecule has 2 N–H and O–H groups in total. The number of nitrogens with one attached hydrogen (secondary N) is 2. The van der Waals surface area contributed by atoms with Crippen LogP contribution in [0.5, 0.6) is 0 Å². The largest absolute Gasteiger partial charge is 0.353 e. The van der Waals surface area contributed by atoms with Gasteiger partial charge in [-0.3, -0.25) is 4.99 Å². The molecule has 1 aliphatic rings. The smallest absolute Gasteiger partial charge is 0.191 e. The molecular weight excluding hydrogens is 229 g/mol. The molecule has 0 atom stereocenters. The van der Waals surface area contributed by atoms with Gasteiger partial charge in [-0.05, 0) is 30.5 Å². The van der Waals surface area contributed by atoms with Gasteiger partial charge in [0.05, 0.1) is 0 Å². The first-order valence-electron chi connectivity index (χ1n) is 6.14. The van der Waals surface area contributed by atoms with E-state index in [0.717, 1.165) is 24.4 Å². The van der Waals surface area contributed by atoms with Crippen molar-refractivity contribution in [2.45, 2.75) is 25.4 Å². The summed E-state index contributed by atoms with van der Waals surface area (Å²) in [5.74, 6) is 0.575. The molecular formula is C14H18FN3. The van der Waals surface area contributed by atoms with Crippen molar-refractivity contribution in [3.63, 3.8) is 0 Å². The Labute approximate surface area is 107 Å². The van der Waals surface area contributed by atoms with Crippen LogP contribution < -0.4 is 10.6 Å². The quantitative estimate of drug-likeness (QED) is 0.488. The fourth-order valence-corrected chi connectivity index (χ4v) is 1.91. The Hall–Kier alpha value is -1.84. The summed E-state index contributed by atoms with van der Waals surface area (Å²) in [4.78, 5) is 4.18. The second kappa shape index (κ2) is 6.19. The van der Waals surface area contributed by atoms with E-state index in [0.29, 0.717) is 12.6 Å². The van der Waals surface area contributed by atoms with Crippen LogP contribution in [-0.2, 0) is 6.54 Å². The van der Waals surface area contributed by atoms with Crippen molar-refractivity contribution in [2.75, 3.05) is 7.05 Å². The molecule has 0 aromatic heterocycles. The molecule has 1 aliphatic carbocycles. The van der Waals surface area contributed by atoms with Crippen molar-refractivity contribution in [1.29, 1.82) is 0 Å². The van der Waals surface area contributed by atoms with Crippen LogP contribution in [0.15, 0.2) is 41.4 Å². The number of halogens is 1. The second-order valence-corrected chi connectivity index (χ2v) is 4.34. The second-order valence-electron chi connectivity index (χ2n) is 4.34. The van der Waals surface area contributed by atoms with Crippen molar-refractivity contribution in [3.05, 3.63) is 47.8 Å². The molecule has 0 aliphatic heterocycles. The summed E-state index contributed by atoms with van der Waals surface area (Å²) in [6, 6.07) is 6.91. The Bertz CT molecular complexity index is 429. The summed E-state index contributed by atoms with van der Waals surface area (Å²) in [7, 11) is 1.75. The summed E-state index contributed by atoms with van der Waals surface area (Å²) < 4.78 is 12.8. The van der Waals surface area contributed by atoms with E-state index in [9.17, 15) is 4.39 Å². The minimum Gasteiger partial charge on any atom is -0.353 e. The molecule has 18 heavy (non-hydrogen) atoms. The van der Waals surface area contributed by atoms with Crippen LogP contribution in [0.25, 0.3) is 0 Å². The zero-order chi connectivity index (χ0) is 12.8. The molecule has 0 radical (unpaired) electrons. The maximum absolute atomic E-state index is 12.8. The predicted octanol–water partition coefficient (Wildman–Crippen LogP) is 2.21. The fraction of sp³-hybridized carbons (Fsp3) is 0.357. The number of nitrogens with zero attached hydrogens (tertiary/aromatic N) is 1. The van der Waals surface area contributed by atoms with Crippen LogP contribution in [0.4, 0.5) is 4.39 Å². The highest BCUT2D eigenvalue weighted by molar-refractivity contribution is 5.80. The molecule has 0 spiro atoms. The number of benzene rings is 1. The summed E-state index contributed by atoms with van der Waals surface area (Å²) in [5, 5.41) is 6.57. The highest BCUT2D eigenvalue weighted by Crippen LogP contribution is 2.08. The Morgan fingerprint density at radius 1 is 1.28 bits per heavy atom. The van der Waals surface area contributed by atoms with Gasteiger partial charge < -0.3 is 10.6 Å². The monoisotopic (exact) mass is 247 g/mol. The lowest BCUT2D eigenvalue weighted by Crippen LogP contribution is -2.42. The average molecular weight is 247 g/mol. The van der Waals surface area contributed by atoms with Crippen LogP contribution >= 0.6 is 0 Å². The molecule has 0 saturated heterocycles. The maximum Gasteiger partial charge on any atom is 0.191 e. The van der Waals surface area contributed by atoms with Gasteiger partial charge in [-0.2, -0.15) is 0 Å². The van der Waals surface area contributed by atoms with Gasteiger partial charge in [0.15, 0.2) is 5.96 Å². The third-order valence-corrected chi connectivity index (χ3v) is 2.95. The molecule has 0 fully saturated rings. The molecule has 0 bridgehead atoms. The van der Waals surface area contributed by atoms with E-state index in [1.54, 1.807) is 19.2 Å². The summed E-state index contributed by atoms with van der Waals surface area (Å²) >= 11 is 0. The number of guanidine groups is 1. The van der Waals surface area contributed by atoms with Crippen LogP contribution in [0.1, 0.15) is 18.4 Å². The van der Waals surface area contributed by atoms with Gasteiger partial charge in [0.2, 0.25) is 0 Å². The lowest BCUT2D eigenvalue weighted by molar-refractivity contribution is 0.625. The number of hydrogen-bond donors (Lipinski definition) is 2. The molecule has 4 heteroatoms. The molecule has 2 rings (SSSR count). The SMILES string of the molecule is CN=C(NCc1ccc(F)cc1)NC1CC=CC1. The van der Waals surface area contributed by atoms with E-state index in [-0.39, 0.29) is 5.82 Å². The number of rotatable bonds is 3. The standard InChI is InChI=1S/C14H18FN3/c1-16-14(18-13-4-2-3-5-13)17-10-11-6-8-12(15)9-7-11/h2-3,6-9,13H,4-5,10H2,1H3,(H2,16,17,18). The van der Waals surface area contributed by atoms with Crippen LogP contribution in [0.3, 0.4) is 0 Å². The highest BCUT2D eigenvalue weighted by atomic mass is 19.1. The average Bonchev–Trinajstić information content (AvgIpc) is 2.89. The number of aliphatic imine (C=N–C) groups is 1. The van der Waals surface area contributed by atoms with E-state index in [1.165, 1.54) is 12.1 Å². The molecule has 3 nitrogen and oxygen atoms in total. The normalized spacial score (nSPS) is 16.0. The van der Waals surface area contributed by atoms with Gasteiger partial charge in [-0.25, -0.2) is 4.39 Å². The first kappa shape index (κ1) is 12.6. The van der Waals surface area contributed by atoms with Gasteiger partial charge in [0.1, 0.15) is 5.82 Å². The first-order chi connectivity index (χ1) is 8.78. The highest BCUT2D eigenvalue weighted by Gasteiger charge is 2.11. The summed E-state index contributed by atoms with van der Waals surface area (Å²) in [6.07, 6.45) is 6.42. The predicted molar refractivity (Wildman–Crippen MR) is 71.9 cm³/mol. The van der Waals surface area contributed by atoms with E-state index in [2.05, 4.69) is 27.8 Å². The van der Waals surface area contributed by atoms with Gasteiger partial charge >= 0.3 is 0 Å². The van der Waals surface area contributed by atoms with E-state index < -0.39 is 0 Å². The molecule has 0 saturated carbocycles. The first-order valence-corrected chi connectivity index (χ1v) is 6.14. The van der Waals surface area contributed by atoms with E-state index >= 15 is 0 Å². The van der Waals surface area contributed by atoms with Gasteiger partial charge in [-0.15, -0.1) is 0 Å². The Kier molecular flexibility index (Phi) is 4.34. The number of hydrogen-bond acceptors (Lipinski definition) is 1. The lowest BCUT2D eigenvalue weighted by atomic mass is 10.2. The van der Waals surface area contributed by atoms with Crippen molar-refractivity contribution >= 4 is 5.96 Å². The minimum atomic E-state index is -0.210. The van der Waals surface area contributed by atoms with Crippen LogP contribution in [-0.4, -0.2) is 19.0 Å². The van der Waals surface area contributed by atoms with Crippen molar-refractivity contribution in [3.8, 4) is 0 Å². The topological polar surface area (TPSA) is 36.4 Å². The zero-order valence-electron chi connectivity index (χ0n) is 10.5. The molecule has 96 valence electrons. The third kappa shape index (κ3) is 3.58. The van der Waals surface area contributed by atoms with Gasteiger partial charge in [0.25, 0.3) is 0 Å². The summed E-state index contributed by atoms with van der Waals surface area (Å²) in [6.45, 7) is 0.639.